The first-order valence-electron chi connectivity index (χ1n) is 5.89. The Hall–Kier alpha value is -1.33. The predicted molar refractivity (Wildman–Crippen MR) is 82.3 cm³/mol. The molecule has 0 aliphatic rings. The zero-order valence-corrected chi connectivity index (χ0v) is 13.1. The molecule has 100 valence electrons. The summed E-state index contributed by atoms with van der Waals surface area (Å²) < 4.78 is 6.48. The fraction of sp³-hybridized carbons (Fsp3) is 0.214. The van der Waals surface area contributed by atoms with Gasteiger partial charge in [-0.05, 0) is 53.5 Å². The van der Waals surface area contributed by atoms with E-state index in [-0.39, 0.29) is 5.91 Å². The third-order valence-corrected chi connectivity index (χ3v) is 4.02. The molecule has 2 rings (SSSR count). The van der Waals surface area contributed by atoms with Crippen LogP contribution in [0.4, 0.5) is 5.69 Å². The highest BCUT2D eigenvalue weighted by Crippen LogP contribution is 2.27. The summed E-state index contributed by atoms with van der Waals surface area (Å²) in [7, 11) is 0. The van der Waals surface area contributed by atoms with E-state index in [0.717, 1.165) is 9.35 Å². The molecule has 0 atom stereocenters. The second-order valence-electron chi connectivity index (χ2n) is 4.03. The van der Waals surface area contributed by atoms with Gasteiger partial charge in [0.05, 0.1) is 21.6 Å². The number of hydrogen-bond donors (Lipinski definition) is 1. The van der Waals surface area contributed by atoms with Crippen LogP contribution >= 0.6 is 27.3 Å². The molecule has 1 amide bonds. The predicted octanol–water partition coefficient (Wildman–Crippen LogP) is 4.47. The lowest BCUT2D eigenvalue weighted by Gasteiger charge is -2.11. The van der Waals surface area contributed by atoms with Crippen molar-refractivity contribution in [1.82, 2.24) is 0 Å². The maximum Gasteiger partial charge on any atom is 0.256 e. The number of hydrogen-bond acceptors (Lipinski definition) is 3. The molecule has 0 saturated carbocycles. The smallest absolute Gasteiger partial charge is 0.256 e. The summed E-state index contributed by atoms with van der Waals surface area (Å²) >= 11 is 4.83. The average molecular weight is 340 g/mol. The van der Waals surface area contributed by atoms with Crippen molar-refractivity contribution in [3.8, 4) is 5.75 Å². The van der Waals surface area contributed by atoms with Gasteiger partial charge in [0.2, 0.25) is 0 Å². The number of amides is 1. The highest BCUT2D eigenvalue weighted by molar-refractivity contribution is 9.11. The van der Waals surface area contributed by atoms with Crippen LogP contribution in [0, 0.1) is 6.92 Å². The molecule has 0 radical (unpaired) electrons. The van der Waals surface area contributed by atoms with Crippen LogP contribution in [0.25, 0.3) is 0 Å². The van der Waals surface area contributed by atoms with Gasteiger partial charge in [0.25, 0.3) is 5.91 Å². The molecule has 0 unspecified atom stereocenters. The van der Waals surface area contributed by atoms with Crippen molar-refractivity contribution in [2.24, 2.45) is 0 Å². The number of nitrogens with one attached hydrogen (secondary N) is 1. The largest absolute Gasteiger partial charge is 0.492 e. The van der Waals surface area contributed by atoms with Gasteiger partial charge >= 0.3 is 0 Å². The number of anilines is 1. The van der Waals surface area contributed by atoms with Gasteiger partial charge in [0, 0.05) is 5.38 Å². The molecule has 0 bridgehead atoms. The van der Waals surface area contributed by atoms with E-state index in [1.807, 2.05) is 37.4 Å². The molecule has 1 aromatic carbocycles. The summed E-state index contributed by atoms with van der Waals surface area (Å²) in [6, 6.07) is 7.53. The topological polar surface area (TPSA) is 38.3 Å². The number of ether oxygens (including phenoxy) is 1. The van der Waals surface area contributed by atoms with Crippen LogP contribution in [0.2, 0.25) is 0 Å². The lowest BCUT2D eigenvalue weighted by atomic mass is 10.2. The Balaban J connectivity index is 2.20. The van der Waals surface area contributed by atoms with E-state index in [0.29, 0.717) is 23.6 Å². The first-order valence-corrected chi connectivity index (χ1v) is 7.56. The van der Waals surface area contributed by atoms with E-state index in [1.54, 1.807) is 6.07 Å². The van der Waals surface area contributed by atoms with Gasteiger partial charge in [-0.1, -0.05) is 6.07 Å². The molecule has 0 aliphatic heterocycles. The average Bonchev–Trinajstić information content (AvgIpc) is 2.80. The summed E-state index contributed by atoms with van der Waals surface area (Å²) in [5.41, 5.74) is 2.43. The Morgan fingerprint density at radius 1 is 1.42 bits per heavy atom. The van der Waals surface area contributed by atoms with Crippen molar-refractivity contribution in [2.75, 3.05) is 11.9 Å². The van der Waals surface area contributed by atoms with Gasteiger partial charge in [-0.3, -0.25) is 4.79 Å². The second kappa shape index (κ2) is 6.21. The zero-order chi connectivity index (χ0) is 13.8. The Bertz CT molecular complexity index is 595. The molecule has 19 heavy (non-hydrogen) atoms. The number of rotatable bonds is 4. The molecule has 1 N–H and O–H groups in total. The zero-order valence-electron chi connectivity index (χ0n) is 10.7. The molecule has 3 nitrogen and oxygen atoms in total. The second-order valence-corrected chi connectivity index (χ2v) is 6.32. The van der Waals surface area contributed by atoms with Crippen LogP contribution in [-0.4, -0.2) is 12.5 Å². The van der Waals surface area contributed by atoms with Crippen LogP contribution in [-0.2, 0) is 0 Å². The van der Waals surface area contributed by atoms with Gasteiger partial charge in [0.15, 0.2) is 0 Å². The van der Waals surface area contributed by atoms with Crippen molar-refractivity contribution < 1.29 is 9.53 Å². The molecule has 1 heterocycles. The Kier molecular flexibility index (Phi) is 4.61. The van der Waals surface area contributed by atoms with E-state index >= 15 is 0 Å². The summed E-state index contributed by atoms with van der Waals surface area (Å²) in [6.07, 6.45) is 0. The van der Waals surface area contributed by atoms with Crippen molar-refractivity contribution in [2.45, 2.75) is 13.8 Å². The van der Waals surface area contributed by atoms with Crippen molar-refractivity contribution in [3.63, 3.8) is 0 Å². The van der Waals surface area contributed by atoms with E-state index in [9.17, 15) is 4.79 Å². The number of aryl methyl sites for hydroxylation is 1. The minimum Gasteiger partial charge on any atom is -0.492 e. The fourth-order valence-corrected chi connectivity index (χ4v) is 2.77. The lowest BCUT2D eigenvalue weighted by molar-refractivity contribution is 0.102. The van der Waals surface area contributed by atoms with Gasteiger partial charge in [-0.15, -0.1) is 11.3 Å². The Morgan fingerprint density at radius 3 is 2.84 bits per heavy atom. The fourth-order valence-electron chi connectivity index (χ4n) is 1.63. The van der Waals surface area contributed by atoms with Crippen LogP contribution in [0.3, 0.4) is 0 Å². The highest BCUT2D eigenvalue weighted by atomic mass is 79.9. The number of halogens is 1. The normalized spacial score (nSPS) is 10.3. The first kappa shape index (κ1) is 14.1. The van der Waals surface area contributed by atoms with Gasteiger partial charge in [-0.25, -0.2) is 0 Å². The minimum atomic E-state index is -0.133. The summed E-state index contributed by atoms with van der Waals surface area (Å²) in [4.78, 5) is 12.1. The summed E-state index contributed by atoms with van der Waals surface area (Å²) in [5.74, 6) is 0.567. The standard InChI is InChI=1S/C14H14BrNO2S/c1-3-18-12-6-9(2)4-5-11(12)16-14(17)10-7-13(15)19-8-10/h4-8H,3H2,1-2H3,(H,16,17). The number of carbonyl (C=O) groups excluding carboxylic acids is 1. The van der Waals surface area contributed by atoms with Crippen LogP contribution in [0.5, 0.6) is 5.75 Å². The monoisotopic (exact) mass is 339 g/mol. The van der Waals surface area contributed by atoms with Gasteiger partial charge in [-0.2, -0.15) is 0 Å². The SMILES string of the molecule is CCOc1cc(C)ccc1NC(=O)c1csc(Br)c1. The molecule has 5 heteroatoms. The lowest BCUT2D eigenvalue weighted by Crippen LogP contribution is -2.12. The first-order chi connectivity index (χ1) is 9.10. The summed E-state index contributed by atoms with van der Waals surface area (Å²) in [5, 5.41) is 4.69. The molecular weight excluding hydrogens is 326 g/mol. The van der Waals surface area contributed by atoms with Crippen LogP contribution in [0.1, 0.15) is 22.8 Å². The molecule has 2 aromatic rings. The van der Waals surface area contributed by atoms with E-state index in [1.165, 1.54) is 11.3 Å². The van der Waals surface area contributed by atoms with Gasteiger partial charge < -0.3 is 10.1 Å². The Labute approximate surface area is 124 Å². The van der Waals surface area contributed by atoms with E-state index in [4.69, 9.17) is 4.74 Å². The third kappa shape index (κ3) is 3.58. The van der Waals surface area contributed by atoms with Crippen LogP contribution in [0.15, 0.2) is 33.4 Å². The molecule has 0 saturated heterocycles. The number of thiophene rings is 1. The quantitative estimate of drug-likeness (QED) is 0.892. The number of carbonyl (C=O) groups is 1. The summed E-state index contributed by atoms with van der Waals surface area (Å²) in [6.45, 7) is 4.48. The van der Waals surface area contributed by atoms with Crippen molar-refractivity contribution in [1.29, 1.82) is 0 Å². The molecule has 0 spiro atoms. The van der Waals surface area contributed by atoms with Crippen LogP contribution < -0.4 is 10.1 Å². The highest BCUT2D eigenvalue weighted by Gasteiger charge is 2.11. The molecular formula is C14H14BrNO2S. The van der Waals surface area contributed by atoms with Gasteiger partial charge in [0.1, 0.15) is 5.75 Å². The number of benzene rings is 1. The molecule has 0 fully saturated rings. The minimum absolute atomic E-state index is 0.133. The van der Waals surface area contributed by atoms with E-state index < -0.39 is 0 Å². The van der Waals surface area contributed by atoms with E-state index in [2.05, 4.69) is 21.2 Å². The third-order valence-electron chi connectivity index (χ3n) is 2.51. The maximum atomic E-state index is 12.1. The van der Waals surface area contributed by atoms with Crippen molar-refractivity contribution >= 4 is 38.9 Å². The maximum absolute atomic E-state index is 12.1. The molecule has 0 aliphatic carbocycles. The molecule has 1 aromatic heterocycles. The Morgan fingerprint density at radius 2 is 2.21 bits per heavy atom. The van der Waals surface area contributed by atoms with Crippen molar-refractivity contribution in [3.05, 3.63) is 44.6 Å².